The van der Waals surface area contributed by atoms with Gasteiger partial charge in [-0.2, -0.15) is 5.21 Å². The number of quaternary nitrogens is 3. The number of carbonyl (C=O) groups is 4. The normalized spacial score (nSPS) is 14.9. The predicted octanol–water partition coefficient (Wildman–Crippen LogP) is 3.22. The zero-order valence-corrected chi connectivity index (χ0v) is 30.0. The first-order valence-electron chi connectivity index (χ1n) is 15.6. The highest BCUT2D eigenvalue weighted by Crippen LogP contribution is 2.22. The minimum Gasteiger partial charge on any atom is -0.462 e. The Hall–Kier alpha value is -3.48. The van der Waals surface area contributed by atoms with Gasteiger partial charge in [0.05, 0.1) is 41.1 Å². The van der Waals surface area contributed by atoms with E-state index in [1.54, 1.807) is 27.9 Å². The van der Waals surface area contributed by atoms with Gasteiger partial charge in [0.1, 0.15) is 21.1 Å². The van der Waals surface area contributed by atoms with Crippen LogP contribution in [0.25, 0.3) is 0 Å². The molecule has 0 aliphatic rings. The SMILES string of the molecule is C=C(C)C(=O)OCCCN(C)O[N+](C)(CCCOC(=O)C(=C)C)O[N+](C)(CCCOC(=O)C(=C)C)O[N+](C)(O)CCCOC(=O)C(=C)C. The molecule has 0 heterocycles. The highest BCUT2D eigenvalue weighted by atomic mass is 17.2. The molecule has 0 aliphatic heterocycles. The maximum absolute atomic E-state index is 11.9. The molecule has 274 valence electrons. The molecule has 0 aromatic carbocycles. The van der Waals surface area contributed by atoms with Gasteiger partial charge in [0.2, 0.25) is 0 Å². The Kier molecular flexibility index (Phi) is 19.9. The standard InChI is InChI=1S/C32H57N4O12/c1-25(2)29(37)42-21-13-17-33(9)46-35(11,19-15-23-44-31(39)27(5)6)48-36(12,20-16-24-45-32(40)28(7)8)47-34(10,41)18-14-22-43-30(38)26(3)4/h41H,1,3,5,7,13-24H2,2,4,6,8-12H3/q+3. The fraction of sp³-hybridized carbons (Fsp3) is 0.625. The van der Waals surface area contributed by atoms with Gasteiger partial charge in [-0.1, -0.05) is 31.3 Å². The molecule has 3 unspecified atom stereocenters. The van der Waals surface area contributed by atoms with Crippen LogP contribution in [0.3, 0.4) is 0 Å². The van der Waals surface area contributed by atoms with Crippen LogP contribution in [0, 0.1) is 0 Å². The molecule has 0 saturated heterocycles. The van der Waals surface area contributed by atoms with Crippen LogP contribution in [-0.4, -0.2) is 129 Å². The average molecular weight is 690 g/mol. The molecule has 0 saturated carbocycles. The molecule has 0 fully saturated rings. The molecule has 0 spiro atoms. The lowest BCUT2D eigenvalue weighted by molar-refractivity contribution is -1.54. The van der Waals surface area contributed by atoms with Gasteiger partial charge in [0, 0.05) is 64.8 Å². The van der Waals surface area contributed by atoms with Crippen molar-refractivity contribution in [2.24, 2.45) is 0 Å². The minimum atomic E-state index is -1.01. The summed E-state index contributed by atoms with van der Waals surface area (Å²) in [5, 5.41) is 12.7. The third kappa shape index (κ3) is 20.0. The van der Waals surface area contributed by atoms with E-state index >= 15 is 0 Å². The molecule has 0 radical (unpaired) electrons. The van der Waals surface area contributed by atoms with Crippen molar-refractivity contribution in [1.29, 1.82) is 0 Å². The lowest BCUT2D eigenvalue weighted by Gasteiger charge is -2.36. The Bertz CT molecular complexity index is 1160. The Morgan fingerprint density at radius 2 is 0.896 bits per heavy atom. The second kappa shape index (κ2) is 21.5. The highest BCUT2D eigenvalue weighted by molar-refractivity contribution is 5.88. The minimum absolute atomic E-state index is 0.00247. The number of hydrogen-bond acceptors (Lipinski definition) is 13. The Morgan fingerprint density at radius 3 is 1.27 bits per heavy atom. The van der Waals surface area contributed by atoms with E-state index in [1.807, 2.05) is 0 Å². The van der Waals surface area contributed by atoms with Crippen LogP contribution in [-0.2, 0) is 52.9 Å². The molecule has 1 N–H and O–H groups in total. The summed E-state index contributed by atoms with van der Waals surface area (Å²) in [5.74, 6) is -2.14. The molecule has 0 amide bonds. The van der Waals surface area contributed by atoms with Gasteiger partial charge in [0.15, 0.2) is 19.6 Å². The van der Waals surface area contributed by atoms with Crippen LogP contribution in [0.15, 0.2) is 48.6 Å². The van der Waals surface area contributed by atoms with Crippen molar-refractivity contribution in [3.63, 3.8) is 0 Å². The van der Waals surface area contributed by atoms with Crippen LogP contribution in [0.5, 0.6) is 0 Å². The van der Waals surface area contributed by atoms with E-state index in [4.69, 9.17) is 33.8 Å². The predicted molar refractivity (Wildman–Crippen MR) is 172 cm³/mol. The van der Waals surface area contributed by atoms with Crippen molar-refractivity contribution in [3.8, 4) is 0 Å². The second-order valence-corrected chi connectivity index (χ2v) is 11.9. The number of carbonyl (C=O) groups excluding carboxylic acids is 4. The summed E-state index contributed by atoms with van der Waals surface area (Å²) in [4.78, 5) is 63.6. The first-order valence-corrected chi connectivity index (χ1v) is 15.6. The molecule has 3 atom stereocenters. The van der Waals surface area contributed by atoms with Crippen LogP contribution < -0.4 is 0 Å². The van der Waals surface area contributed by atoms with E-state index in [2.05, 4.69) is 26.3 Å². The topological polar surface area (TPSA) is 156 Å². The molecule has 0 aliphatic carbocycles. The Labute approximate surface area is 284 Å². The van der Waals surface area contributed by atoms with Gasteiger partial charge in [-0.15, -0.1) is 5.06 Å². The fourth-order valence-electron chi connectivity index (χ4n) is 3.81. The quantitative estimate of drug-likeness (QED) is 0.0353. The molecular weight excluding hydrogens is 632 g/mol. The van der Waals surface area contributed by atoms with Crippen LogP contribution in [0.4, 0.5) is 0 Å². The monoisotopic (exact) mass is 689 g/mol. The van der Waals surface area contributed by atoms with E-state index in [1.165, 1.54) is 33.0 Å². The molecule has 16 heteroatoms. The smallest absolute Gasteiger partial charge is 0.333 e. The van der Waals surface area contributed by atoms with Crippen molar-refractivity contribution in [2.75, 3.05) is 80.8 Å². The maximum Gasteiger partial charge on any atom is 0.333 e. The van der Waals surface area contributed by atoms with Crippen molar-refractivity contribution in [1.82, 2.24) is 5.06 Å². The number of hydrogen-bond donors (Lipinski definition) is 1. The van der Waals surface area contributed by atoms with Gasteiger partial charge < -0.3 is 18.9 Å². The summed E-state index contributed by atoms with van der Waals surface area (Å²) in [6, 6.07) is 0. The average Bonchev–Trinajstić information content (AvgIpc) is 2.96. The molecule has 0 bridgehead atoms. The summed E-state index contributed by atoms with van der Waals surface area (Å²) >= 11 is 0. The van der Waals surface area contributed by atoms with Crippen molar-refractivity contribution in [2.45, 2.75) is 53.4 Å². The zero-order valence-electron chi connectivity index (χ0n) is 30.0. The third-order valence-electron chi connectivity index (χ3n) is 6.08. The van der Waals surface area contributed by atoms with Gasteiger partial charge in [0.25, 0.3) is 0 Å². The van der Waals surface area contributed by atoms with E-state index in [-0.39, 0.29) is 82.0 Å². The highest BCUT2D eigenvalue weighted by Gasteiger charge is 2.49. The zero-order chi connectivity index (χ0) is 37.1. The van der Waals surface area contributed by atoms with Gasteiger partial charge >= 0.3 is 23.9 Å². The van der Waals surface area contributed by atoms with Crippen molar-refractivity contribution in [3.05, 3.63) is 48.6 Å². The Morgan fingerprint density at radius 1 is 0.562 bits per heavy atom. The first-order chi connectivity index (χ1) is 22.1. The number of hydroxylamine groups is 14. The third-order valence-corrected chi connectivity index (χ3v) is 6.08. The van der Waals surface area contributed by atoms with E-state index in [0.717, 1.165) is 0 Å². The molecular formula is C32H57N4O12+3. The van der Waals surface area contributed by atoms with Crippen LogP contribution in [0.1, 0.15) is 53.4 Å². The largest absolute Gasteiger partial charge is 0.462 e. The Balaban J connectivity index is 5.95. The summed E-state index contributed by atoms with van der Waals surface area (Å²) in [6.45, 7) is 21.1. The number of nitrogens with zero attached hydrogens (tertiary/aromatic N) is 4. The van der Waals surface area contributed by atoms with Crippen molar-refractivity contribution < 1.29 is 72.6 Å². The molecule has 16 nitrogen and oxygen atoms in total. The number of rotatable bonds is 26. The lowest BCUT2D eigenvalue weighted by atomic mass is 10.3. The lowest BCUT2D eigenvalue weighted by Crippen LogP contribution is -2.63. The van der Waals surface area contributed by atoms with Gasteiger partial charge in [-0.3, -0.25) is 0 Å². The van der Waals surface area contributed by atoms with E-state index in [0.29, 0.717) is 18.5 Å². The van der Waals surface area contributed by atoms with Crippen LogP contribution >= 0.6 is 0 Å². The first kappa shape index (κ1) is 44.5. The molecule has 0 aromatic rings. The molecule has 0 aromatic heterocycles. The summed E-state index contributed by atoms with van der Waals surface area (Å²) in [7, 11) is 6.16. The van der Waals surface area contributed by atoms with Gasteiger partial charge in [-0.05, 0) is 34.1 Å². The fourth-order valence-corrected chi connectivity index (χ4v) is 3.81. The second-order valence-electron chi connectivity index (χ2n) is 11.9. The van der Waals surface area contributed by atoms with Crippen LogP contribution in [0.2, 0.25) is 0 Å². The van der Waals surface area contributed by atoms with E-state index < -0.39 is 38.3 Å². The molecule has 48 heavy (non-hydrogen) atoms. The summed E-state index contributed by atoms with van der Waals surface area (Å²) in [6.07, 6.45) is 1.18. The van der Waals surface area contributed by atoms with Gasteiger partial charge in [-0.25, -0.2) is 19.2 Å². The van der Waals surface area contributed by atoms with E-state index in [9.17, 15) is 24.4 Å². The summed E-state index contributed by atoms with van der Waals surface area (Å²) < 4.78 is 20.7. The summed E-state index contributed by atoms with van der Waals surface area (Å²) in [5.41, 5.74) is 1.04. The molecule has 0 rings (SSSR count). The number of esters is 4. The number of ether oxygens (including phenoxy) is 4. The van der Waals surface area contributed by atoms with Crippen molar-refractivity contribution >= 4 is 23.9 Å². The maximum atomic E-state index is 11.9.